The Labute approximate surface area is 171 Å². The number of benzene rings is 1. The number of fused-ring (bicyclic) bond motifs is 1. The van der Waals surface area contributed by atoms with Crippen molar-refractivity contribution >= 4 is 40.9 Å². The first-order valence-corrected chi connectivity index (χ1v) is 10.4. The molecule has 1 aromatic heterocycles. The van der Waals surface area contributed by atoms with Gasteiger partial charge in [-0.1, -0.05) is 29.8 Å². The molecule has 0 spiro atoms. The Balaban J connectivity index is 1.50. The zero-order chi connectivity index (χ0) is 19.7. The van der Waals surface area contributed by atoms with E-state index < -0.39 is 5.56 Å². The molecular weight excluding hydrogens is 400 g/mol. The monoisotopic (exact) mass is 418 g/mol. The molecule has 28 heavy (non-hydrogen) atoms. The van der Waals surface area contributed by atoms with Crippen molar-refractivity contribution in [1.82, 2.24) is 15.1 Å². The van der Waals surface area contributed by atoms with E-state index in [1.807, 2.05) is 18.2 Å². The van der Waals surface area contributed by atoms with Crippen molar-refractivity contribution in [3.05, 3.63) is 51.4 Å². The fourth-order valence-corrected chi connectivity index (χ4v) is 4.14. The molecule has 9 heteroatoms. The fourth-order valence-electron chi connectivity index (χ4n) is 3.05. The van der Waals surface area contributed by atoms with E-state index in [1.165, 1.54) is 11.8 Å². The van der Waals surface area contributed by atoms with Gasteiger partial charge in [0.2, 0.25) is 11.8 Å². The van der Waals surface area contributed by atoms with E-state index in [1.54, 1.807) is 17.2 Å². The Bertz CT molecular complexity index is 989. The number of aromatic nitrogens is 2. The Kier molecular flexibility index (Phi) is 5.41. The van der Waals surface area contributed by atoms with Crippen LogP contribution >= 0.6 is 23.4 Å². The summed E-state index contributed by atoms with van der Waals surface area (Å²) in [6.07, 6.45) is 3.72. The van der Waals surface area contributed by atoms with Crippen LogP contribution in [0.4, 0.5) is 5.69 Å². The number of carbonyl (C=O) groups excluding carboxylic acids is 2. The van der Waals surface area contributed by atoms with E-state index in [9.17, 15) is 14.4 Å². The number of carbonyl (C=O) groups is 2. The molecule has 0 atom stereocenters. The van der Waals surface area contributed by atoms with Crippen molar-refractivity contribution in [2.45, 2.75) is 30.8 Å². The topological polar surface area (TPSA) is 84.3 Å². The second-order valence-electron chi connectivity index (χ2n) is 6.92. The smallest absolute Gasteiger partial charge is 0.292 e. The lowest BCUT2D eigenvalue weighted by Gasteiger charge is -2.28. The van der Waals surface area contributed by atoms with Gasteiger partial charge in [0.25, 0.3) is 5.56 Å². The number of rotatable bonds is 6. The quantitative estimate of drug-likeness (QED) is 0.776. The highest BCUT2D eigenvalue weighted by atomic mass is 35.5. The lowest BCUT2D eigenvalue weighted by Crippen LogP contribution is -2.43. The molecule has 1 aliphatic carbocycles. The Morgan fingerprint density at radius 3 is 2.82 bits per heavy atom. The number of nitrogens with one attached hydrogen (secondary N) is 1. The predicted molar refractivity (Wildman–Crippen MR) is 108 cm³/mol. The largest absolute Gasteiger partial charge is 0.350 e. The molecule has 2 heterocycles. The number of amides is 2. The lowest BCUT2D eigenvalue weighted by atomic mass is 10.2. The van der Waals surface area contributed by atoms with E-state index in [0.29, 0.717) is 33.8 Å². The highest BCUT2D eigenvalue weighted by molar-refractivity contribution is 8.00. The van der Waals surface area contributed by atoms with Gasteiger partial charge in [-0.05, 0) is 30.4 Å². The van der Waals surface area contributed by atoms with Crippen LogP contribution in [0.5, 0.6) is 0 Å². The van der Waals surface area contributed by atoms with E-state index >= 15 is 0 Å². The third-order valence-electron chi connectivity index (χ3n) is 4.77. The van der Waals surface area contributed by atoms with Gasteiger partial charge in [-0.15, -0.1) is 11.8 Å². The molecule has 1 aliphatic heterocycles. The summed E-state index contributed by atoms with van der Waals surface area (Å²) in [5.74, 6) is 0.351. The number of nitrogens with zero attached hydrogens (tertiary/aromatic N) is 3. The second-order valence-corrected chi connectivity index (χ2v) is 8.35. The fraction of sp³-hybridized carbons (Fsp3) is 0.368. The van der Waals surface area contributed by atoms with Crippen molar-refractivity contribution in [2.24, 2.45) is 5.92 Å². The number of hydrogen-bond acceptors (Lipinski definition) is 5. The predicted octanol–water partition coefficient (Wildman–Crippen LogP) is 2.06. The molecule has 0 bridgehead atoms. The molecule has 0 saturated heterocycles. The summed E-state index contributed by atoms with van der Waals surface area (Å²) in [7, 11) is 0. The van der Waals surface area contributed by atoms with Gasteiger partial charge in [0.05, 0.1) is 16.8 Å². The third-order valence-corrected chi connectivity index (χ3v) is 6.14. The minimum Gasteiger partial charge on any atom is -0.350 e. The number of thioether (sulfide) groups is 1. The van der Waals surface area contributed by atoms with Crippen LogP contribution in [0.3, 0.4) is 0 Å². The summed E-state index contributed by atoms with van der Waals surface area (Å²) in [5, 5.41) is 7.43. The van der Waals surface area contributed by atoms with E-state index in [4.69, 9.17) is 11.6 Å². The third kappa shape index (κ3) is 4.07. The Morgan fingerprint density at radius 1 is 1.29 bits per heavy atom. The molecular formula is C19H19ClN4O3S. The average Bonchev–Trinajstić information content (AvgIpc) is 3.50. The van der Waals surface area contributed by atoms with Crippen LogP contribution in [0, 0.1) is 5.92 Å². The first kappa shape index (κ1) is 19.0. The van der Waals surface area contributed by atoms with Gasteiger partial charge in [0, 0.05) is 18.1 Å². The normalized spacial score (nSPS) is 16.0. The van der Waals surface area contributed by atoms with Gasteiger partial charge in [-0.25, -0.2) is 4.68 Å². The summed E-state index contributed by atoms with van der Waals surface area (Å²) in [4.78, 5) is 39.8. The molecule has 1 aromatic carbocycles. The van der Waals surface area contributed by atoms with Crippen LogP contribution in [0.2, 0.25) is 5.02 Å². The zero-order valence-corrected chi connectivity index (χ0v) is 16.6. The molecule has 2 aliphatic rings. The zero-order valence-electron chi connectivity index (χ0n) is 15.1. The average molecular weight is 419 g/mol. The molecule has 7 nitrogen and oxygen atoms in total. The Morgan fingerprint density at radius 2 is 2.07 bits per heavy atom. The standard InChI is InChI=1S/C19H19ClN4O3S/c20-14-4-2-1-3-13(14)7-21-16(25)10-24-19(27)18-15(8-22-24)28-11-17(26)23(18)9-12-5-6-12/h1-4,8,12H,5-7,9-11H2,(H,21,25). The molecule has 0 unspecified atom stereocenters. The lowest BCUT2D eigenvalue weighted by molar-refractivity contribution is -0.122. The van der Waals surface area contributed by atoms with Crippen molar-refractivity contribution in [3.63, 3.8) is 0 Å². The molecule has 146 valence electrons. The molecule has 1 saturated carbocycles. The summed E-state index contributed by atoms with van der Waals surface area (Å²) in [6.45, 7) is 0.609. The van der Waals surface area contributed by atoms with Crippen LogP contribution in [-0.4, -0.2) is 33.9 Å². The highest BCUT2D eigenvalue weighted by Crippen LogP contribution is 2.36. The van der Waals surface area contributed by atoms with E-state index in [-0.39, 0.29) is 24.9 Å². The summed E-state index contributed by atoms with van der Waals surface area (Å²) in [6, 6.07) is 7.23. The van der Waals surface area contributed by atoms with E-state index in [0.717, 1.165) is 23.1 Å². The van der Waals surface area contributed by atoms with Crippen LogP contribution in [0.15, 0.2) is 40.2 Å². The molecule has 2 amide bonds. The molecule has 2 aromatic rings. The SMILES string of the molecule is O=C(Cn1ncc2c(c1=O)N(CC1CC1)C(=O)CS2)NCc1ccccc1Cl. The van der Waals surface area contributed by atoms with Gasteiger partial charge in [0.15, 0.2) is 0 Å². The maximum atomic E-state index is 12.9. The minimum absolute atomic E-state index is 0.0672. The van der Waals surface area contributed by atoms with Crippen molar-refractivity contribution in [2.75, 3.05) is 17.2 Å². The molecule has 1 N–H and O–H groups in total. The van der Waals surface area contributed by atoms with Crippen molar-refractivity contribution in [1.29, 1.82) is 0 Å². The number of anilines is 1. The van der Waals surface area contributed by atoms with Gasteiger partial charge < -0.3 is 10.2 Å². The minimum atomic E-state index is -0.411. The summed E-state index contributed by atoms with van der Waals surface area (Å²) < 4.78 is 1.11. The van der Waals surface area contributed by atoms with E-state index in [2.05, 4.69) is 10.4 Å². The highest BCUT2D eigenvalue weighted by Gasteiger charge is 2.33. The number of halogens is 1. The summed E-state index contributed by atoms with van der Waals surface area (Å²) in [5.41, 5.74) is 0.731. The number of hydrogen-bond donors (Lipinski definition) is 1. The van der Waals surface area contributed by atoms with Crippen molar-refractivity contribution in [3.8, 4) is 0 Å². The summed E-state index contributed by atoms with van der Waals surface area (Å²) >= 11 is 7.41. The van der Waals surface area contributed by atoms with Gasteiger partial charge in [-0.3, -0.25) is 14.4 Å². The second kappa shape index (κ2) is 7.97. The van der Waals surface area contributed by atoms with Crippen LogP contribution in [0.1, 0.15) is 18.4 Å². The maximum absolute atomic E-state index is 12.9. The van der Waals surface area contributed by atoms with Gasteiger partial charge in [-0.2, -0.15) is 5.10 Å². The maximum Gasteiger partial charge on any atom is 0.292 e. The van der Waals surface area contributed by atoms with Crippen LogP contribution in [-0.2, 0) is 22.7 Å². The van der Waals surface area contributed by atoms with Gasteiger partial charge >= 0.3 is 0 Å². The molecule has 1 fully saturated rings. The van der Waals surface area contributed by atoms with Crippen molar-refractivity contribution < 1.29 is 9.59 Å². The first-order chi connectivity index (χ1) is 13.5. The first-order valence-electron chi connectivity index (χ1n) is 9.06. The Hall–Kier alpha value is -2.32. The van der Waals surface area contributed by atoms with Gasteiger partial charge in [0.1, 0.15) is 12.2 Å². The van der Waals surface area contributed by atoms with Crippen LogP contribution in [0.25, 0.3) is 0 Å². The van der Waals surface area contributed by atoms with Crippen LogP contribution < -0.4 is 15.8 Å². The molecule has 4 rings (SSSR count). The molecule has 0 radical (unpaired) electrons.